The van der Waals surface area contributed by atoms with Crippen LogP contribution in [0, 0.1) is 0 Å². The summed E-state index contributed by atoms with van der Waals surface area (Å²) in [6, 6.07) is 0. The van der Waals surface area contributed by atoms with Gasteiger partial charge >= 0.3 is 0 Å². The second-order valence-electron chi connectivity index (χ2n) is 6.23. The molecule has 1 unspecified atom stereocenters. The fraction of sp³-hybridized carbons (Fsp3) is 0.824. The van der Waals surface area contributed by atoms with E-state index in [0.717, 1.165) is 51.6 Å². The highest BCUT2D eigenvalue weighted by molar-refractivity contribution is 5.86. The van der Waals surface area contributed by atoms with E-state index in [9.17, 15) is 14.7 Å². The first-order valence-corrected chi connectivity index (χ1v) is 9.72. The number of aliphatic imine (C=N–C) groups is 1. The summed E-state index contributed by atoms with van der Waals surface area (Å²) < 4.78 is 0. The van der Waals surface area contributed by atoms with Gasteiger partial charge in [-0.3, -0.25) is 14.6 Å². The first-order chi connectivity index (χ1) is 13.1. The Morgan fingerprint density at radius 2 is 1.57 bits per heavy atom. The molecule has 1 atom stereocenters. The van der Waals surface area contributed by atoms with Crippen molar-refractivity contribution >= 4 is 55.4 Å². The van der Waals surface area contributed by atoms with Crippen LogP contribution >= 0.6 is 37.2 Å². The topological polar surface area (TPSA) is 167 Å². The number of carbonyl (C=O) groups excluding carboxylic acids is 2. The monoisotopic (exact) mass is 495 g/mol. The number of hydrogen-bond donors (Lipinski definition) is 7. The predicted molar refractivity (Wildman–Crippen MR) is 128 cm³/mol. The van der Waals surface area contributed by atoms with E-state index in [-0.39, 0.29) is 49.5 Å². The van der Waals surface area contributed by atoms with Crippen molar-refractivity contribution in [2.24, 2.45) is 16.6 Å². The Hall–Kier alpha value is -0.880. The molecule has 0 aliphatic carbocycles. The summed E-state index contributed by atoms with van der Waals surface area (Å²) in [6.07, 6.45) is 6.37. The molecule has 13 heteroatoms. The number of hydrogen-bond acceptors (Lipinski definition) is 7. The number of aliphatic hydroxyl groups excluding tert-OH is 1. The molecule has 30 heavy (non-hydrogen) atoms. The van der Waals surface area contributed by atoms with E-state index >= 15 is 0 Å². The third-order valence-electron chi connectivity index (χ3n) is 3.79. The number of nitrogens with one attached hydrogen (secondary N) is 4. The summed E-state index contributed by atoms with van der Waals surface area (Å²) in [5, 5.41) is 17.9. The summed E-state index contributed by atoms with van der Waals surface area (Å²) in [6.45, 7) is 3.60. The Morgan fingerprint density at radius 1 is 0.933 bits per heavy atom. The van der Waals surface area contributed by atoms with Gasteiger partial charge in [-0.15, -0.1) is 37.2 Å². The van der Waals surface area contributed by atoms with E-state index in [0.29, 0.717) is 26.1 Å². The quantitative estimate of drug-likeness (QED) is 0.0349. The van der Waals surface area contributed by atoms with Gasteiger partial charge in [0, 0.05) is 19.5 Å². The van der Waals surface area contributed by atoms with Crippen LogP contribution in [0.1, 0.15) is 51.4 Å². The van der Waals surface area contributed by atoms with Crippen molar-refractivity contribution < 1.29 is 14.7 Å². The molecule has 182 valence electrons. The lowest BCUT2D eigenvalue weighted by Crippen LogP contribution is -2.46. The number of halogens is 3. The van der Waals surface area contributed by atoms with Crippen molar-refractivity contribution in [3.63, 3.8) is 0 Å². The number of nitrogens with two attached hydrogens (primary N) is 2. The van der Waals surface area contributed by atoms with Crippen LogP contribution < -0.4 is 33.0 Å². The fourth-order valence-electron chi connectivity index (χ4n) is 2.28. The maximum atomic E-state index is 11.7. The summed E-state index contributed by atoms with van der Waals surface area (Å²) in [7, 11) is 0. The van der Waals surface area contributed by atoms with Gasteiger partial charge < -0.3 is 32.2 Å². The van der Waals surface area contributed by atoms with Crippen LogP contribution in [0.2, 0.25) is 0 Å². The predicted octanol–water partition coefficient (Wildman–Crippen LogP) is -0.0367. The normalized spacial score (nSPS) is 10.9. The molecular formula is C17H40Cl3N7O3. The maximum Gasteiger partial charge on any atom is 0.269 e. The number of hydrazine groups is 1. The lowest BCUT2D eigenvalue weighted by Gasteiger charge is -2.13. The largest absolute Gasteiger partial charge is 0.365 e. The Morgan fingerprint density at radius 3 is 2.23 bits per heavy atom. The Bertz CT molecular complexity index is 422. The zero-order valence-electron chi connectivity index (χ0n) is 17.4. The standard InChI is InChI=1S/C17H37N7O3.3ClH/c18-9-7-12-20-10-5-6-13-22-16(26)17(27)24-15(25)8-3-1-2-4-11-21-14-23-19;;;/h14,17,20,27H,1-13,18-19H2,(H,21,23)(H,22,26)(H,24,25);3*1H. The van der Waals surface area contributed by atoms with Gasteiger partial charge in [0.2, 0.25) is 12.1 Å². The molecule has 0 saturated heterocycles. The summed E-state index contributed by atoms with van der Waals surface area (Å²) in [4.78, 5) is 27.4. The summed E-state index contributed by atoms with van der Waals surface area (Å²) >= 11 is 0. The molecule has 0 aromatic rings. The minimum Gasteiger partial charge on any atom is -0.365 e. The molecule has 9 N–H and O–H groups in total. The number of carbonyl (C=O) groups is 2. The minimum absolute atomic E-state index is 0. The first kappa shape index (κ1) is 36.5. The van der Waals surface area contributed by atoms with Crippen LogP contribution in [0.25, 0.3) is 0 Å². The molecule has 0 aromatic heterocycles. The van der Waals surface area contributed by atoms with Gasteiger partial charge in [-0.05, 0) is 51.7 Å². The molecule has 0 aliphatic heterocycles. The molecule has 10 nitrogen and oxygen atoms in total. The van der Waals surface area contributed by atoms with Crippen LogP contribution in [0.5, 0.6) is 0 Å². The van der Waals surface area contributed by atoms with Gasteiger partial charge in [0.1, 0.15) is 0 Å². The number of aliphatic hydroxyl groups is 1. The minimum atomic E-state index is -1.50. The van der Waals surface area contributed by atoms with E-state index in [1.54, 1.807) is 0 Å². The molecule has 0 radical (unpaired) electrons. The second-order valence-corrected chi connectivity index (χ2v) is 6.23. The SMILES string of the molecule is Cl.Cl.Cl.NCCCNCCCCNC(=O)C(O)NC(=O)CCCCCCN=CNN. The molecule has 2 amide bonds. The van der Waals surface area contributed by atoms with Gasteiger partial charge in [0.05, 0.1) is 6.34 Å². The average molecular weight is 497 g/mol. The lowest BCUT2D eigenvalue weighted by atomic mass is 10.1. The third-order valence-corrected chi connectivity index (χ3v) is 3.79. The highest BCUT2D eigenvalue weighted by Crippen LogP contribution is 2.03. The zero-order valence-corrected chi connectivity index (χ0v) is 19.9. The molecule has 0 heterocycles. The van der Waals surface area contributed by atoms with E-state index in [1.807, 2.05) is 0 Å². The average Bonchev–Trinajstić information content (AvgIpc) is 2.65. The van der Waals surface area contributed by atoms with Crippen molar-refractivity contribution in [1.82, 2.24) is 21.4 Å². The molecule has 0 rings (SSSR count). The van der Waals surface area contributed by atoms with Crippen LogP contribution in [0.4, 0.5) is 0 Å². The third kappa shape index (κ3) is 25.2. The van der Waals surface area contributed by atoms with E-state index in [4.69, 9.17) is 11.6 Å². The van der Waals surface area contributed by atoms with Gasteiger partial charge in [0.15, 0.2) is 0 Å². The zero-order chi connectivity index (χ0) is 20.2. The molecule has 0 spiro atoms. The summed E-state index contributed by atoms with van der Waals surface area (Å²) in [5.41, 5.74) is 7.73. The molecule has 0 aliphatic rings. The van der Waals surface area contributed by atoms with Gasteiger partial charge in [0.25, 0.3) is 5.91 Å². The smallest absolute Gasteiger partial charge is 0.269 e. The van der Waals surface area contributed by atoms with Crippen molar-refractivity contribution in [2.75, 3.05) is 32.7 Å². The molecule has 0 saturated carbocycles. The van der Waals surface area contributed by atoms with Crippen LogP contribution in [0.15, 0.2) is 4.99 Å². The van der Waals surface area contributed by atoms with E-state index in [2.05, 4.69) is 26.4 Å². The number of nitrogens with zero attached hydrogens (tertiary/aromatic N) is 1. The van der Waals surface area contributed by atoms with Crippen molar-refractivity contribution in [1.29, 1.82) is 0 Å². The first-order valence-electron chi connectivity index (χ1n) is 9.72. The van der Waals surface area contributed by atoms with Crippen LogP contribution in [-0.2, 0) is 9.59 Å². The van der Waals surface area contributed by atoms with E-state index in [1.165, 1.54) is 6.34 Å². The van der Waals surface area contributed by atoms with Crippen molar-refractivity contribution in [3.8, 4) is 0 Å². The number of unbranched alkanes of at least 4 members (excludes halogenated alkanes) is 4. The molecular weight excluding hydrogens is 457 g/mol. The number of amides is 2. The highest BCUT2D eigenvalue weighted by Gasteiger charge is 2.16. The molecule has 0 fully saturated rings. The van der Waals surface area contributed by atoms with Crippen LogP contribution in [-0.4, -0.2) is 62.2 Å². The van der Waals surface area contributed by atoms with Crippen molar-refractivity contribution in [2.45, 2.75) is 57.6 Å². The van der Waals surface area contributed by atoms with Gasteiger partial charge in [-0.2, -0.15) is 0 Å². The lowest BCUT2D eigenvalue weighted by molar-refractivity contribution is -0.136. The molecule has 0 bridgehead atoms. The second kappa shape index (κ2) is 28.1. The fourth-order valence-corrected chi connectivity index (χ4v) is 2.28. The van der Waals surface area contributed by atoms with E-state index < -0.39 is 12.1 Å². The maximum absolute atomic E-state index is 11.7. The highest BCUT2D eigenvalue weighted by atomic mass is 35.5. The van der Waals surface area contributed by atoms with Crippen molar-refractivity contribution in [3.05, 3.63) is 0 Å². The number of rotatable bonds is 18. The van der Waals surface area contributed by atoms with Crippen LogP contribution in [0.3, 0.4) is 0 Å². The Kier molecular flexibility index (Phi) is 34.2. The van der Waals surface area contributed by atoms with Gasteiger partial charge in [-0.25, -0.2) is 5.84 Å². The summed E-state index contributed by atoms with van der Waals surface area (Å²) in [5.74, 6) is 4.14. The Labute approximate surface area is 198 Å². The Balaban J connectivity index is -0.00000113. The molecule has 0 aromatic carbocycles. The van der Waals surface area contributed by atoms with Gasteiger partial charge in [-0.1, -0.05) is 12.8 Å².